The average Bonchev–Trinajstić information content (AvgIpc) is 2.67. The van der Waals surface area contributed by atoms with Gasteiger partial charge in [0.05, 0.1) is 15.9 Å². The van der Waals surface area contributed by atoms with Gasteiger partial charge in [-0.25, -0.2) is 0 Å². The Morgan fingerprint density at radius 2 is 2.11 bits per heavy atom. The lowest BCUT2D eigenvalue weighted by Gasteiger charge is -2.03. The molecule has 0 aliphatic carbocycles. The van der Waals surface area contributed by atoms with Crippen molar-refractivity contribution in [3.05, 3.63) is 55.3 Å². The molecule has 0 aliphatic heterocycles. The summed E-state index contributed by atoms with van der Waals surface area (Å²) in [6, 6.07) is 8.15. The fourth-order valence-corrected chi connectivity index (χ4v) is 2.06. The Balaban J connectivity index is 2.06. The first-order valence-corrected chi connectivity index (χ1v) is 6.57. The number of rotatable bonds is 4. The molecule has 2 aromatic rings. The quantitative estimate of drug-likeness (QED) is 0.638. The number of furan rings is 1. The van der Waals surface area contributed by atoms with Gasteiger partial charge in [-0.1, -0.05) is 6.07 Å². The minimum Gasteiger partial charge on any atom is -0.451 e. The van der Waals surface area contributed by atoms with Crippen molar-refractivity contribution in [1.29, 1.82) is 0 Å². The Morgan fingerprint density at radius 3 is 2.72 bits per heavy atom. The number of nitrogens with zero attached hydrogens (tertiary/aromatic N) is 1. The van der Waals surface area contributed by atoms with E-state index in [-0.39, 0.29) is 5.69 Å². The van der Waals surface area contributed by atoms with Gasteiger partial charge in [-0.2, -0.15) is 0 Å². The molecule has 0 amide bonds. The molecular weight excluding hydrogens is 368 g/mol. The highest BCUT2D eigenvalue weighted by atomic mass is 79.9. The third-order valence-electron chi connectivity index (χ3n) is 2.22. The molecule has 0 spiro atoms. The summed E-state index contributed by atoms with van der Waals surface area (Å²) in [5.74, 6) is 0.722. The molecular formula is C11H8Br2N2O3. The molecule has 0 aliphatic rings. The van der Waals surface area contributed by atoms with Crippen LogP contribution in [0.4, 0.5) is 11.4 Å². The highest BCUT2D eigenvalue weighted by Gasteiger charge is 2.08. The number of non-ortho nitro benzene ring substituents is 1. The molecule has 1 N–H and O–H groups in total. The van der Waals surface area contributed by atoms with E-state index in [1.54, 1.807) is 12.1 Å². The first-order valence-electron chi connectivity index (χ1n) is 4.98. The van der Waals surface area contributed by atoms with Crippen LogP contribution in [-0.4, -0.2) is 4.92 Å². The molecule has 0 radical (unpaired) electrons. The molecule has 1 heterocycles. The lowest BCUT2D eigenvalue weighted by Crippen LogP contribution is -1.98. The van der Waals surface area contributed by atoms with E-state index in [9.17, 15) is 10.1 Å². The highest BCUT2D eigenvalue weighted by Crippen LogP contribution is 2.27. The van der Waals surface area contributed by atoms with Crippen LogP contribution in [0.1, 0.15) is 5.76 Å². The number of nitro groups is 1. The van der Waals surface area contributed by atoms with Crippen molar-refractivity contribution >= 4 is 43.2 Å². The predicted octanol–water partition coefficient (Wildman–Crippen LogP) is 4.32. The van der Waals surface area contributed by atoms with E-state index >= 15 is 0 Å². The Labute approximate surface area is 120 Å². The van der Waals surface area contributed by atoms with Crippen LogP contribution in [-0.2, 0) is 6.54 Å². The highest BCUT2D eigenvalue weighted by molar-refractivity contribution is 9.13. The molecule has 0 bridgehead atoms. The Morgan fingerprint density at radius 1 is 1.33 bits per heavy atom. The normalized spacial score (nSPS) is 10.3. The van der Waals surface area contributed by atoms with Crippen molar-refractivity contribution < 1.29 is 9.34 Å². The second-order valence-corrected chi connectivity index (χ2v) is 5.07. The number of halogens is 2. The molecule has 1 aromatic carbocycles. The fourth-order valence-electron chi connectivity index (χ4n) is 1.40. The molecule has 0 saturated heterocycles. The van der Waals surface area contributed by atoms with E-state index in [0.717, 1.165) is 10.2 Å². The number of nitrogens with one attached hydrogen (secondary N) is 1. The van der Waals surface area contributed by atoms with Crippen LogP contribution >= 0.6 is 31.9 Å². The van der Waals surface area contributed by atoms with Gasteiger partial charge >= 0.3 is 0 Å². The molecule has 5 nitrogen and oxygen atoms in total. The van der Waals surface area contributed by atoms with Crippen molar-refractivity contribution in [1.82, 2.24) is 0 Å². The van der Waals surface area contributed by atoms with Gasteiger partial charge in [-0.3, -0.25) is 10.1 Å². The summed E-state index contributed by atoms with van der Waals surface area (Å²) in [6.07, 6.45) is 0. The minimum absolute atomic E-state index is 0.0572. The zero-order chi connectivity index (χ0) is 13.1. The van der Waals surface area contributed by atoms with Gasteiger partial charge in [0.1, 0.15) is 5.76 Å². The molecule has 94 valence electrons. The van der Waals surface area contributed by atoms with Gasteiger partial charge in [0.2, 0.25) is 0 Å². The number of hydrogen-bond donors (Lipinski definition) is 1. The Kier molecular flexibility index (Phi) is 4.03. The first kappa shape index (κ1) is 13.1. The second kappa shape index (κ2) is 5.53. The lowest BCUT2D eigenvalue weighted by atomic mass is 10.3. The summed E-state index contributed by atoms with van der Waals surface area (Å²) in [5, 5.41) is 13.7. The third kappa shape index (κ3) is 3.11. The molecule has 0 fully saturated rings. The van der Waals surface area contributed by atoms with Crippen molar-refractivity contribution in [3.63, 3.8) is 0 Å². The third-order valence-corrected chi connectivity index (χ3v) is 3.93. The Bertz CT molecular complexity index is 564. The minimum atomic E-state index is -0.425. The second-order valence-electron chi connectivity index (χ2n) is 3.50. The fraction of sp³-hybridized carbons (Fsp3) is 0.0909. The van der Waals surface area contributed by atoms with Crippen molar-refractivity contribution in [3.8, 4) is 0 Å². The van der Waals surface area contributed by atoms with Gasteiger partial charge in [0.15, 0.2) is 4.67 Å². The maximum atomic E-state index is 10.6. The van der Waals surface area contributed by atoms with Crippen molar-refractivity contribution in [2.45, 2.75) is 6.54 Å². The SMILES string of the molecule is O=[N+]([O-])c1cccc(NCc2cc(Br)c(Br)o2)c1. The molecule has 0 saturated carbocycles. The van der Waals surface area contributed by atoms with Gasteiger partial charge in [0.25, 0.3) is 5.69 Å². The largest absolute Gasteiger partial charge is 0.451 e. The molecule has 7 heteroatoms. The smallest absolute Gasteiger partial charge is 0.271 e. The van der Waals surface area contributed by atoms with Gasteiger partial charge < -0.3 is 9.73 Å². The number of nitro benzene ring substituents is 1. The van der Waals surface area contributed by atoms with E-state index in [1.165, 1.54) is 12.1 Å². The van der Waals surface area contributed by atoms with E-state index in [4.69, 9.17) is 4.42 Å². The molecule has 2 rings (SSSR count). The van der Waals surface area contributed by atoms with E-state index < -0.39 is 4.92 Å². The topological polar surface area (TPSA) is 68.3 Å². The van der Waals surface area contributed by atoms with Crippen LogP contribution < -0.4 is 5.32 Å². The van der Waals surface area contributed by atoms with Gasteiger partial charge in [0, 0.05) is 17.8 Å². The predicted molar refractivity (Wildman–Crippen MR) is 74.5 cm³/mol. The maximum absolute atomic E-state index is 10.6. The van der Waals surface area contributed by atoms with Crippen molar-refractivity contribution in [2.75, 3.05) is 5.32 Å². The van der Waals surface area contributed by atoms with Crippen LogP contribution in [0.15, 0.2) is 43.9 Å². The molecule has 0 unspecified atom stereocenters. The standard InChI is InChI=1S/C11H8Br2N2O3/c12-10-5-9(18-11(10)13)6-14-7-2-1-3-8(4-7)15(16)17/h1-5,14H,6H2. The zero-order valence-electron chi connectivity index (χ0n) is 9.02. The molecule has 18 heavy (non-hydrogen) atoms. The average molecular weight is 376 g/mol. The molecule has 0 atom stereocenters. The van der Waals surface area contributed by atoms with E-state index in [2.05, 4.69) is 37.2 Å². The monoisotopic (exact) mass is 374 g/mol. The summed E-state index contributed by atoms with van der Waals surface area (Å²) < 4.78 is 6.84. The lowest BCUT2D eigenvalue weighted by molar-refractivity contribution is -0.384. The number of hydrogen-bond acceptors (Lipinski definition) is 4. The number of benzene rings is 1. The van der Waals surface area contributed by atoms with Crippen LogP contribution in [0.3, 0.4) is 0 Å². The Hall–Kier alpha value is -1.34. The van der Waals surface area contributed by atoms with Crippen molar-refractivity contribution in [2.24, 2.45) is 0 Å². The summed E-state index contributed by atoms with van der Waals surface area (Å²) in [7, 11) is 0. The summed E-state index contributed by atoms with van der Waals surface area (Å²) >= 11 is 6.56. The zero-order valence-corrected chi connectivity index (χ0v) is 12.2. The van der Waals surface area contributed by atoms with Crippen LogP contribution in [0.2, 0.25) is 0 Å². The van der Waals surface area contributed by atoms with E-state index in [0.29, 0.717) is 16.9 Å². The van der Waals surface area contributed by atoms with Crippen LogP contribution in [0.25, 0.3) is 0 Å². The summed E-state index contributed by atoms with van der Waals surface area (Å²) in [6.45, 7) is 0.450. The maximum Gasteiger partial charge on any atom is 0.271 e. The van der Waals surface area contributed by atoms with Crippen LogP contribution in [0.5, 0.6) is 0 Å². The number of anilines is 1. The molecule has 1 aromatic heterocycles. The first-order chi connectivity index (χ1) is 8.56. The van der Waals surface area contributed by atoms with Gasteiger partial charge in [-0.15, -0.1) is 0 Å². The summed E-state index contributed by atoms with van der Waals surface area (Å²) in [5.41, 5.74) is 0.731. The van der Waals surface area contributed by atoms with Crippen LogP contribution in [0, 0.1) is 10.1 Å². The van der Waals surface area contributed by atoms with Gasteiger partial charge in [-0.05, 0) is 44.0 Å². The van der Waals surface area contributed by atoms with E-state index in [1.807, 2.05) is 6.07 Å². The summed E-state index contributed by atoms with van der Waals surface area (Å²) in [4.78, 5) is 10.2.